The maximum absolute atomic E-state index is 2.42. The molecule has 0 N–H and O–H groups in total. The Kier molecular flexibility index (Phi) is 6.82. The zero-order valence-electron chi connectivity index (χ0n) is 15.3. The van der Waals surface area contributed by atoms with Crippen LogP contribution in [0.25, 0.3) is 0 Å². The second-order valence-corrected chi connectivity index (χ2v) is 10.8. The van der Waals surface area contributed by atoms with Crippen molar-refractivity contribution in [3.8, 4) is 0 Å². The van der Waals surface area contributed by atoms with Crippen molar-refractivity contribution < 1.29 is 0 Å². The van der Waals surface area contributed by atoms with Crippen molar-refractivity contribution in [3.05, 3.63) is 58.7 Å². The van der Waals surface area contributed by atoms with Gasteiger partial charge in [-0.1, -0.05) is 89.7 Å². The first-order valence-electron chi connectivity index (χ1n) is 8.51. The average molecular weight is 344 g/mol. The number of rotatable bonds is 6. The summed E-state index contributed by atoms with van der Waals surface area (Å²) in [6.07, 6.45) is 1.32. The Balaban J connectivity index is 1.92. The van der Waals surface area contributed by atoms with Gasteiger partial charge in [0.15, 0.2) is 0 Å². The maximum atomic E-state index is 2.42. The molecule has 0 aliphatic rings. The highest BCUT2D eigenvalue weighted by Crippen LogP contribution is 2.30. The topological polar surface area (TPSA) is 0 Å². The molecule has 2 heteroatoms. The first kappa shape index (κ1) is 18.6. The van der Waals surface area contributed by atoms with E-state index in [2.05, 4.69) is 77.9 Å². The summed E-state index contributed by atoms with van der Waals surface area (Å²) < 4.78 is 0. The Labute approximate surface area is 146 Å². The van der Waals surface area contributed by atoms with Gasteiger partial charge < -0.3 is 0 Å². The van der Waals surface area contributed by atoms with Gasteiger partial charge in [-0.2, -0.15) is 0 Å². The minimum absolute atomic E-state index is 0.768. The predicted octanol–water partition coefficient (Wildman–Crippen LogP) is 5.40. The largest absolute Gasteiger partial charge is 0.0874 e. The van der Waals surface area contributed by atoms with Crippen LogP contribution >= 0.6 is 17.2 Å². The molecule has 0 spiro atoms. The molecule has 4 unspecified atom stereocenters. The molecule has 0 amide bonds. The van der Waals surface area contributed by atoms with E-state index in [1.54, 1.807) is 0 Å². The van der Waals surface area contributed by atoms with E-state index >= 15 is 0 Å². The van der Waals surface area contributed by atoms with Gasteiger partial charge in [-0.3, -0.25) is 0 Å². The highest BCUT2D eigenvalue weighted by atomic mass is 31.1. The SMILES string of the molecule is Cc1cc(C)cc(PC(C)CC(C)Pc2cc(C)cc(C)c2)c1. The van der Waals surface area contributed by atoms with Crippen LogP contribution in [0.5, 0.6) is 0 Å². The van der Waals surface area contributed by atoms with E-state index in [0.29, 0.717) is 0 Å². The van der Waals surface area contributed by atoms with E-state index in [9.17, 15) is 0 Å². The molecule has 23 heavy (non-hydrogen) atoms. The van der Waals surface area contributed by atoms with Crippen LogP contribution in [0.4, 0.5) is 0 Å². The van der Waals surface area contributed by atoms with Crippen LogP contribution in [0, 0.1) is 27.7 Å². The van der Waals surface area contributed by atoms with Crippen molar-refractivity contribution in [1.82, 2.24) is 0 Å². The van der Waals surface area contributed by atoms with E-state index in [-0.39, 0.29) is 0 Å². The maximum Gasteiger partial charge on any atom is -0.0219 e. The summed E-state index contributed by atoms with van der Waals surface area (Å²) >= 11 is 0. The molecule has 0 radical (unpaired) electrons. The van der Waals surface area contributed by atoms with Gasteiger partial charge >= 0.3 is 0 Å². The highest BCUT2D eigenvalue weighted by Gasteiger charge is 2.11. The van der Waals surface area contributed by atoms with Crippen LogP contribution < -0.4 is 10.6 Å². The Hall–Kier alpha value is -0.700. The number of aryl methyl sites for hydroxylation is 4. The fourth-order valence-corrected chi connectivity index (χ4v) is 6.89. The lowest BCUT2D eigenvalue weighted by atomic mass is 10.2. The minimum Gasteiger partial charge on any atom is -0.0874 e. The van der Waals surface area contributed by atoms with Crippen molar-refractivity contribution in [2.75, 3.05) is 0 Å². The smallest absolute Gasteiger partial charge is 0.0219 e. The molecular weight excluding hydrogens is 314 g/mol. The van der Waals surface area contributed by atoms with Gasteiger partial charge in [-0.05, 0) is 56.0 Å². The van der Waals surface area contributed by atoms with E-state index in [1.807, 2.05) is 0 Å². The zero-order chi connectivity index (χ0) is 17.0. The molecule has 0 bridgehead atoms. The number of benzene rings is 2. The Morgan fingerprint density at radius 3 is 1.22 bits per heavy atom. The average Bonchev–Trinajstić information content (AvgIpc) is 2.34. The van der Waals surface area contributed by atoms with Gasteiger partial charge in [0.2, 0.25) is 0 Å². The first-order chi connectivity index (χ1) is 10.8. The van der Waals surface area contributed by atoms with Crippen LogP contribution in [0.3, 0.4) is 0 Å². The summed E-state index contributed by atoms with van der Waals surface area (Å²) in [5.41, 5.74) is 7.11. The summed E-state index contributed by atoms with van der Waals surface area (Å²) in [5.74, 6) is 0. The van der Waals surface area contributed by atoms with Crippen LogP contribution in [-0.4, -0.2) is 11.3 Å². The van der Waals surface area contributed by atoms with Crippen molar-refractivity contribution in [1.29, 1.82) is 0 Å². The van der Waals surface area contributed by atoms with Crippen molar-refractivity contribution in [2.24, 2.45) is 0 Å². The first-order valence-corrected chi connectivity index (χ1v) is 10.7. The number of hydrogen-bond acceptors (Lipinski definition) is 0. The molecule has 2 aromatic carbocycles. The lowest BCUT2D eigenvalue weighted by Crippen LogP contribution is -2.11. The normalized spacial score (nSPS) is 14.9. The van der Waals surface area contributed by atoms with Crippen LogP contribution in [0.2, 0.25) is 0 Å². The predicted molar refractivity (Wildman–Crippen MR) is 111 cm³/mol. The molecule has 0 saturated heterocycles. The lowest BCUT2D eigenvalue weighted by molar-refractivity contribution is 0.799. The highest BCUT2D eigenvalue weighted by molar-refractivity contribution is 7.49. The van der Waals surface area contributed by atoms with Crippen LogP contribution in [0.15, 0.2) is 36.4 Å². The molecule has 124 valence electrons. The molecule has 0 aromatic heterocycles. The van der Waals surface area contributed by atoms with Crippen molar-refractivity contribution in [2.45, 2.75) is 59.3 Å². The molecule has 4 atom stereocenters. The van der Waals surface area contributed by atoms with Crippen LogP contribution in [-0.2, 0) is 0 Å². The number of hydrogen-bond donors (Lipinski definition) is 0. The second kappa shape index (κ2) is 8.41. The summed E-state index contributed by atoms with van der Waals surface area (Å²) in [7, 11) is 1.85. The quantitative estimate of drug-likeness (QED) is 0.616. The standard InChI is InChI=1S/C21H30P2/c1-14-7-15(2)10-20(9-14)22-18(5)13-19(6)23-21-11-16(3)8-17(4)12-21/h7-12,18-19,22-23H,13H2,1-6H3. The van der Waals surface area contributed by atoms with Gasteiger partial charge in [0.1, 0.15) is 0 Å². The van der Waals surface area contributed by atoms with Crippen LogP contribution in [0.1, 0.15) is 42.5 Å². The Morgan fingerprint density at radius 1 is 0.609 bits per heavy atom. The lowest BCUT2D eigenvalue weighted by Gasteiger charge is -2.18. The molecule has 0 fully saturated rings. The molecule has 0 saturated carbocycles. The summed E-state index contributed by atoms with van der Waals surface area (Å²) in [5, 5.41) is 3.05. The van der Waals surface area contributed by atoms with Crippen molar-refractivity contribution in [3.63, 3.8) is 0 Å². The van der Waals surface area contributed by atoms with Gasteiger partial charge in [-0.25, -0.2) is 0 Å². The molecule has 2 aromatic rings. The summed E-state index contributed by atoms with van der Waals surface area (Å²) in [6.45, 7) is 13.6. The fourth-order valence-electron chi connectivity index (χ4n) is 3.33. The summed E-state index contributed by atoms with van der Waals surface area (Å²) in [4.78, 5) is 0. The molecule has 2 rings (SSSR count). The van der Waals surface area contributed by atoms with E-state index < -0.39 is 0 Å². The third-order valence-corrected chi connectivity index (χ3v) is 6.68. The summed E-state index contributed by atoms with van der Waals surface area (Å²) in [6, 6.07) is 14.0. The molecular formula is C21H30P2. The minimum atomic E-state index is 0.768. The van der Waals surface area contributed by atoms with Gasteiger partial charge in [0.25, 0.3) is 0 Å². The van der Waals surface area contributed by atoms with E-state index in [1.165, 1.54) is 39.3 Å². The van der Waals surface area contributed by atoms with Gasteiger partial charge in [-0.15, -0.1) is 0 Å². The fraction of sp³-hybridized carbons (Fsp3) is 0.429. The Bertz CT molecular complexity index is 563. The molecule has 0 nitrogen and oxygen atoms in total. The third kappa shape index (κ3) is 6.37. The molecule has 0 aliphatic carbocycles. The van der Waals surface area contributed by atoms with Gasteiger partial charge in [0, 0.05) is 0 Å². The zero-order valence-corrected chi connectivity index (χ0v) is 17.3. The Morgan fingerprint density at radius 2 is 0.913 bits per heavy atom. The second-order valence-electron chi connectivity index (χ2n) is 7.08. The van der Waals surface area contributed by atoms with Gasteiger partial charge in [0.05, 0.1) is 0 Å². The third-order valence-electron chi connectivity index (χ3n) is 3.98. The van der Waals surface area contributed by atoms with E-state index in [0.717, 1.165) is 28.5 Å². The molecule has 0 heterocycles. The van der Waals surface area contributed by atoms with Crippen molar-refractivity contribution >= 4 is 27.8 Å². The molecule has 0 aliphatic heterocycles. The monoisotopic (exact) mass is 344 g/mol. The van der Waals surface area contributed by atoms with E-state index in [4.69, 9.17) is 0 Å².